The lowest BCUT2D eigenvalue weighted by Gasteiger charge is -2.10. The number of aromatic hydroxyl groups is 1. The third kappa shape index (κ3) is 3.07. The number of thiophene rings is 1. The van der Waals surface area contributed by atoms with Gasteiger partial charge in [-0.05, 0) is 55.0 Å². The molecule has 0 saturated carbocycles. The molecule has 0 fully saturated rings. The average molecular weight is 330 g/mol. The summed E-state index contributed by atoms with van der Waals surface area (Å²) in [4.78, 5) is 17.5. The zero-order chi connectivity index (χ0) is 16.4. The Morgan fingerprint density at radius 1 is 1.39 bits per heavy atom. The second kappa shape index (κ2) is 6.42. The fourth-order valence-electron chi connectivity index (χ4n) is 2.80. The SMILES string of the molecule is COc1cc(/C=N/c2sc3c(c2C(N)=O)CCCC3)ccc1O. The van der Waals surface area contributed by atoms with Crippen molar-refractivity contribution in [2.24, 2.45) is 10.7 Å². The Kier molecular flexibility index (Phi) is 4.34. The van der Waals surface area contributed by atoms with Gasteiger partial charge in [-0.15, -0.1) is 11.3 Å². The molecular weight excluding hydrogens is 312 g/mol. The van der Waals surface area contributed by atoms with E-state index >= 15 is 0 Å². The molecule has 0 spiro atoms. The lowest BCUT2D eigenvalue weighted by molar-refractivity contribution is 0.100. The Bertz CT molecular complexity index is 780. The van der Waals surface area contributed by atoms with Crippen molar-refractivity contribution >= 4 is 28.5 Å². The number of primary amides is 1. The normalized spacial score (nSPS) is 14.0. The number of amides is 1. The van der Waals surface area contributed by atoms with Gasteiger partial charge in [-0.25, -0.2) is 4.99 Å². The summed E-state index contributed by atoms with van der Waals surface area (Å²) in [7, 11) is 1.49. The average Bonchev–Trinajstić information content (AvgIpc) is 2.92. The van der Waals surface area contributed by atoms with Crippen LogP contribution in [-0.4, -0.2) is 24.3 Å². The summed E-state index contributed by atoms with van der Waals surface area (Å²) in [5.74, 6) is 0.0449. The smallest absolute Gasteiger partial charge is 0.252 e. The molecular formula is C17H18N2O3S. The first-order valence-electron chi connectivity index (χ1n) is 7.45. The maximum absolute atomic E-state index is 11.8. The van der Waals surface area contributed by atoms with E-state index in [-0.39, 0.29) is 5.75 Å². The number of aliphatic imine (C=N–C) groups is 1. The Hall–Kier alpha value is -2.34. The van der Waals surface area contributed by atoms with E-state index in [1.807, 2.05) is 0 Å². The molecule has 1 amide bonds. The van der Waals surface area contributed by atoms with Crippen LogP contribution in [0.2, 0.25) is 0 Å². The van der Waals surface area contributed by atoms with Crippen LogP contribution in [0.25, 0.3) is 0 Å². The highest BCUT2D eigenvalue weighted by atomic mass is 32.1. The van der Waals surface area contributed by atoms with Crippen LogP contribution >= 0.6 is 11.3 Å². The number of ether oxygens (including phenoxy) is 1. The van der Waals surface area contributed by atoms with Gasteiger partial charge in [-0.3, -0.25) is 4.79 Å². The molecule has 3 N–H and O–H groups in total. The van der Waals surface area contributed by atoms with Crippen LogP contribution in [0.15, 0.2) is 23.2 Å². The fourth-order valence-corrected chi connectivity index (χ4v) is 4.04. The molecule has 5 nitrogen and oxygen atoms in total. The van der Waals surface area contributed by atoms with Gasteiger partial charge in [-0.1, -0.05) is 0 Å². The number of carbonyl (C=O) groups excluding carboxylic acids is 1. The molecule has 1 aromatic heterocycles. The summed E-state index contributed by atoms with van der Waals surface area (Å²) in [5, 5.41) is 10.3. The number of hydrogen-bond acceptors (Lipinski definition) is 5. The Morgan fingerprint density at radius 3 is 2.91 bits per heavy atom. The van der Waals surface area contributed by atoms with E-state index < -0.39 is 5.91 Å². The van der Waals surface area contributed by atoms with Crippen LogP contribution in [0.3, 0.4) is 0 Å². The number of nitrogens with zero attached hydrogens (tertiary/aromatic N) is 1. The number of rotatable bonds is 4. The molecule has 0 aliphatic heterocycles. The minimum atomic E-state index is -0.417. The van der Waals surface area contributed by atoms with Crippen molar-refractivity contribution in [1.82, 2.24) is 0 Å². The standard InChI is InChI=1S/C17H18N2O3S/c1-22-13-8-10(6-7-12(13)20)9-19-17-15(16(18)21)11-4-2-3-5-14(11)23-17/h6-9,20H,2-5H2,1H3,(H2,18,21)/b19-9+. The third-order valence-electron chi connectivity index (χ3n) is 3.93. The first kappa shape index (κ1) is 15.6. The quantitative estimate of drug-likeness (QED) is 0.844. The van der Waals surface area contributed by atoms with E-state index in [2.05, 4.69) is 4.99 Å². The number of methoxy groups -OCH3 is 1. The molecule has 23 heavy (non-hydrogen) atoms. The van der Waals surface area contributed by atoms with Crippen LogP contribution in [0.4, 0.5) is 5.00 Å². The minimum Gasteiger partial charge on any atom is -0.504 e. The number of hydrogen-bond donors (Lipinski definition) is 2. The first-order valence-corrected chi connectivity index (χ1v) is 8.27. The first-order chi connectivity index (χ1) is 11.1. The van der Waals surface area contributed by atoms with Crippen molar-refractivity contribution in [2.75, 3.05) is 7.11 Å². The van der Waals surface area contributed by atoms with E-state index in [0.29, 0.717) is 16.3 Å². The van der Waals surface area contributed by atoms with Crippen molar-refractivity contribution in [3.05, 3.63) is 39.8 Å². The van der Waals surface area contributed by atoms with Crippen molar-refractivity contribution in [2.45, 2.75) is 25.7 Å². The van der Waals surface area contributed by atoms with Crippen LogP contribution in [-0.2, 0) is 12.8 Å². The predicted octanol–water partition coefficient (Wildman–Crippen LogP) is 3.19. The molecule has 1 heterocycles. The van der Waals surface area contributed by atoms with Gasteiger partial charge >= 0.3 is 0 Å². The van der Waals surface area contributed by atoms with Gasteiger partial charge in [0.15, 0.2) is 11.5 Å². The van der Waals surface area contributed by atoms with Gasteiger partial charge in [0.1, 0.15) is 5.00 Å². The van der Waals surface area contributed by atoms with Gasteiger partial charge in [0.05, 0.1) is 12.7 Å². The molecule has 120 valence electrons. The van der Waals surface area contributed by atoms with E-state index in [4.69, 9.17) is 10.5 Å². The van der Waals surface area contributed by atoms with Crippen molar-refractivity contribution in [1.29, 1.82) is 0 Å². The zero-order valence-electron chi connectivity index (χ0n) is 12.8. The van der Waals surface area contributed by atoms with Crippen molar-refractivity contribution in [3.8, 4) is 11.5 Å². The predicted molar refractivity (Wildman–Crippen MR) is 91.4 cm³/mol. The third-order valence-corrected chi connectivity index (χ3v) is 5.13. The van der Waals surface area contributed by atoms with Gasteiger partial charge in [0, 0.05) is 11.1 Å². The molecule has 2 aromatic rings. The fraction of sp³-hybridized carbons (Fsp3) is 0.294. The summed E-state index contributed by atoms with van der Waals surface area (Å²) in [6.07, 6.45) is 5.77. The van der Waals surface area contributed by atoms with Crippen molar-refractivity contribution in [3.63, 3.8) is 0 Å². The number of nitrogens with two attached hydrogens (primary N) is 1. The summed E-state index contributed by atoms with van der Waals surface area (Å²) in [5.41, 5.74) is 7.97. The van der Waals surface area contributed by atoms with E-state index in [1.54, 1.807) is 35.8 Å². The summed E-state index contributed by atoms with van der Waals surface area (Å²) >= 11 is 1.54. The van der Waals surface area contributed by atoms with Gasteiger partial charge in [0.25, 0.3) is 5.91 Å². The van der Waals surface area contributed by atoms with Crippen LogP contribution < -0.4 is 10.5 Å². The molecule has 6 heteroatoms. The summed E-state index contributed by atoms with van der Waals surface area (Å²) in [6.45, 7) is 0. The molecule has 1 aliphatic rings. The van der Waals surface area contributed by atoms with Gasteiger partial charge in [-0.2, -0.15) is 0 Å². The minimum absolute atomic E-state index is 0.0778. The highest BCUT2D eigenvalue weighted by molar-refractivity contribution is 7.16. The van der Waals surface area contributed by atoms with Gasteiger partial charge < -0.3 is 15.6 Å². The molecule has 0 bridgehead atoms. The molecule has 3 rings (SSSR count). The second-order valence-electron chi connectivity index (χ2n) is 5.44. The molecule has 1 aromatic carbocycles. The topological polar surface area (TPSA) is 84.9 Å². The largest absolute Gasteiger partial charge is 0.504 e. The zero-order valence-corrected chi connectivity index (χ0v) is 13.7. The maximum atomic E-state index is 11.8. The Morgan fingerprint density at radius 2 is 2.17 bits per heavy atom. The molecule has 0 unspecified atom stereocenters. The summed E-state index contributed by atoms with van der Waals surface area (Å²) < 4.78 is 5.08. The lowest BCUT2D eigenvalue weighted by atomic mass is 9.95. The van der Waals surface area contributed by atoms with Crippen LogP contribution in [0.1, 0.15) is 39.2 Å². The summed E-state index contributed by atoms with van der Waals surface area (Å²) in [6, 6.07) is 4.98. The number of carbonyl (C=O) groups is 1. The molecule has 0 saturated heterocycles. The monoisotopic (exact) mass is 330 g/mol. The van der Waals surface area contributed by atoms with Gasteiger partial charge in [0.2, 0.25) is 0 Å². The van der Waals surface area contributed by atoms with Crippen LogP contribution in [0, 0.1) is 0 Å². The second-order valence-corrected chi connectivity index (χ2v) is 6.53. The number of phenolic OH excluding ortho intramolecular Hbond substituents is 1. The van der Waals surface area contributed by atoms with Crippen molar-refractivity contribution < 1.29 is 14.6 Å². The van der Waals surface area contributed by atoms with Crippen LogP contribution in [0.5, 0.6) is 11.5 Å². The number of fused-ring (bicyclic) bond motifs is 1. The van der Waals surface area contributed by atoms with E-state index in [9.17, 15) is 9.90 Å². The Balaban J connectivity index is 1.96. The highest BCUT2D eigenvalue weighted by Gasteiger charge is 2.23. The molecule has 0 radical (unpaired) electrons. The Labute approximate surface area is 138 Å². The molecule has 0 atom stereocenters. The molecule has 1 aliphatic carbocycles. The highest BCUT2D eigenvalue weighted by Crippen LogP contribution is 2.39. The number of phenols is 1. The van der Waals surface area contributed by atoms with E-state index in [1.165, 1.54) is 12.0 Å². The van der Waals surface area contributed by atoms with E-state index in [0.717, 1.165) is 36.8 Å². The lowest BCUT2D eigenvalue weighted by Crippen LogP contribution is -2.14. The maximum Gasteiger partial charge on any atom is 0.252 e. The number of aryl methyl sites for hydroxylation is 1. The number of benzene rings is 1.